The van der Waals surface area contributed by atoms with E-state index in [1.54, 1.807) is 32.4 Å². The third kappa shape index (κ3) is 4.65. The lowest BCUT2D eigenvalue weighted by Crippen LogP contribution is -2.71. The maximum atomic E-state index is 12.1. The van der Waals surface area contributed by atoms with Gasteiger partial charge in [-0.3, -0.25) is 0 Å². The van der Waals surface area contributed by atoms with Crippen LogP contribution in [0.15, 0.2) is 60.7 Å². The second-order valence-corrected chi connectivity index (χ2v) is 13.6. The van der Waals surface area contributed by atoms with E-state index < -0.39 is 48.4 Å². The van der Waals surface area contributed by atoms with Gasteiger partial charge in [-0.2, -0.15) is 0 Å². The van der Waals surface area contributed by atoms with Crippen molar-refractivity contribution in [3.63, 3.8) is 0 Å². The fourth-order valence-corrected chi connectivity index (χ4v) is 8.34. The summed E-state index contributed by atoms with van der Waals surface area (Å²) in [5.74, 6) is -1.86. The molecule has 0 radical (unpaired) electrons. The van der Waals surface area contributed by atoms with Gasteiger partial charge in [0.2, 0.25) is 5.75 Å². The van der Waals surface area contributed by atoms with Crippen molar-refractivity contribution in [2.45, 2.75) is 61.2 Å². The predicted octanol–water partition coefficient (Wildman–Crippen LogP) is 3.27. The number of benzene rings is 4. The Bertz CT molecular complexity index is 2100. The number of rotatable bonds is 3. The highest BCUT2D eigenvalue weighted by Crippen LogP contribution is 2.63. The summed E-state index contributed by atoms with van der Waals surface area (Å²) in [7, 11) is 3.12. The second kappa shape index (κ2) is 11.4. The molecule has 6 bridgehead atoms. The van der Waals surface area contributed by atoms with E-state index in [0.717, 1.165) is 22.3 Å². The Morgan fingerprint density at radius 1 is 0.922 bits per heavy atom. The van der Waals surface area contributed by atoms with Crippen molar-refractivity contribution in [1.82, 2.24) is 0 Å². The van der Waals surface area contributed by atoms with E-state index in [0.29, 0.717) is 58.2 Å². The van der Waals surface area contributed by atoms with Crippen LogP contribution in [0.3, 0.4) is 0 Å². The molecular formula is C38H35NO12. The third-order valence-corrected chi connectivity index (χ3v) is 10.7. The van der Waals surface area contributed by atoms with E-state index >= 15 is 0 Å². The summed E-state index contributed by atoms with van der Waals surface area (Å²) in [6.45, 7) is -0.297. The van der Waals surface area contributed by atoms with Gasteiger partial charge >= 0.3 is 5.97 Å². The predicted molar refractivity (Wildman–Crippen MR) is 179 cm³/mol. The molecule has 5 heterocycles. The van der Waals surface area contributed by atoms with E-state index in [-0.39, 0.29) is 24.0 Å². The van der Waals surface area contributed by atoms with Crippen LogP contribution < -0.4 is 29.0 Å². The molecule has 1 fully saturated rings. The number of hydrogen-bond donors (Lipinski definition) is 6. The number of anilines is 1. The maximum absolute atomic E-state index is 12.1. The van der Waals surface area contributed by atoms with Crippen LogP contribution in [-0.2, 0) is 22.4 Å². The smallest absolute Gasteiger partial charge is 0.335 e. The Morgan fingerprint density at radius 2 is 1.75 bits per heavy atom. The van der Waals surface area contributed by atoms with Gasteiger partial charge in [0.15, 0.2) is 29.1 Å². The number of nitrogens with one attached hydrogen (secondary N) is 1. The average Bonchev–Trinajstić information content (AvgIpc) is 3.52. The molecule has 1 saturated heterocycles. The second-order valence-electron chi connectivity index (χ2n) is 13.6. The largest absolute Gasteiger partial charge is 0.508 e. The Morgan fingerprint density at radius 3 is 2.53 bits per heavy atom. The number of fused-ring (bicyclic) bond motifs is 2. The molecule has 10 rings (SSSR count). The van der Waals surface area contributed by atoms with Crippen LogP contribution in [0.5, 0.6) is 34.5 Å². The summed E-state index contributed by atoms with van der Waals surface area (Å²) >= 11 is 0. The molecule has 8 unspecified atom stereocenters. The summed E-state index contributed by atoms with van der Waals surface area (Å²) < 4.78 is 37.5. The minimum Gasteiger partial charge on any atom is -0.508 e. The maximum Gasteiger partial charge on any atom is 0.335 e. The Labute approximate surface area is 291 Å². The van der Waals surface area contributed by atoms with Gasteiger partial charge in [-0.1, -0.05) is 36.4 Å². The lowest BCUT2D eigenvalue weighted by atomic mass is 9.77. The first-order valence-electron chi connectivity index (χ1n) is 16.7. The summed E-state index contributed by atoms with van der Waals surface area (Å²) in [6.07, 6.45) is -7.50. The third-order valence-electron chi connectivity index (χ3n) is 10.7. The van der Waals surface area contributed by atoms with E-state index in [1.807, 2.05) is 24.3 Å². The van der Waals surface area contributed by atoms with Crippen molar-refractivity contribution in [3.8, 4) is 45.6 Å². The number of methoxy groups -OCH3 is 2. The number of aliphatic hydroxyl groups is 3. The van der Waals surface area contributed by atoms with Crippen LogP contribution in [-0.4, -0.2) is 88.6 Å². The van der Waals surface area contributed by atoms with Crippen molar-refractivity contribution >= 4 is 11.7 Å². The van der Waals surface area contributed by atoms with Crippen molar-refractivity contribution in [2.24, 2.45) is 0 Å². The van der Waals surface area contributed by atoms with Crippen LogP contribution in [0.1, 0.15) is 39.8 Å². The highest BCUT2D eigenvalue weighted by molar-refractivity contribution is 5.85. The highest BCUT2D eigenvalue weighted by atomic mass is 16.7. The van der Waals surface area contributed by atoms with Crippen LogP contribution in [0.4, 0.5) is 5.69 Å². The standard InChI is InChI=1S/C38H35NO12/c1-46-23-9-8-20-26-24-12-17-5-3-4-16(10-17)11-18-6-7-19(40)13-21(18)22-14-25-28(34(48-24)27(22)33(26)49-31(20)32(23)47-2)39-15-38(50-25)36(43)30(42)29(41)35(51-38)37(44)45/h3-10,13-14,24,26,29-30,33,35-36,39-43H,11-12,15H2,1-2H3,(H,44,45). The average molecular weight is 698 g/mol. The first-order chi connectivity index (χ1) is 24.6. The summed E-state index contributed by atoms with van der Waals surface area (Å²) in [5, 5.41) is 56.3. The SMILES string of the molecule is COc1ccc2c(c1OC)OC1c3c4cc5c(c3OC(Cc3cccc(c3)Cc3ccc(O)cc3-4)C21)NCC1(O5)OC(C(=O)O)C(O)C(O)C1O. The summed E-state index contributed by atoms with van der Waals surface area (Å²) in [6, 6.07) is 19.0. The zero-order chi connectivity index (χ0) is 35.3. The number of carboxylic acids is 1. The van der Waals surface area contributed by atoms with Gasteiger partial charge in [0.1, 0.15) is 42.0 Å². The molecule has 13 heteroatoms. The van der Waals surface area contributed by atoms with Gasteiger partial charge < -0.3 is 59.3 Å². The van der Waals surface area contributed by atoms with Crippen molar-refractivity contribution < 1.29 is 58.7 Å². The number of aromatic hydroxyl groups is 1. The van der Waals surface area contributed by atoms with E-state index in [1.165, 1.54) is 0 Å². The van der Waals surface area contributed by atoms with E-state index in [2.05, 4.69) is 23.5 Å². The zero-order valence-corrected chi connectivity index (χ0v) is 27.5. The normalized spacial score (nSPS) is 29.3. The number of phenolic OH excluding ortho intramolecular Hbond substituents is 1. The molecule has 1 spiro atoms. The molecule has 13 nitrogen and oxygen atoms in total. The summed E-state index contributed by atoms with van der Waals surface area (Å²) in [4.78, 5) is 12.1. The minimum atomic E-state index is -2.09. The molecule has 51 heavy (non-hydrogen) atoms. The number of phenols is 1. The quantitative estimate of drug-likeness (QED) is 0.184. The molecule has 4 aromatic rings. The van der Waals surface area contributed by atoms with Crippen LogP contribution in [0.25, 0.3) is 11.1 Å². The molecule has 0 amide bonds. The molecule has 5 aliphatic heterocycles. The highest BCUT2D eigenvalue weighted by Gasteiger charge is 2.60. The number of ether oxygens (including phenoxy) is 6. The number of carbonyl (C=O) groups is 1. The molecule has 6 N–H and O–H groups in total. The number of hydrogen-bond acceptors (Lipinski definition) is 12. The van der Waals surface area contributed by atoms with Gasteiger partial charge in [-0.15, -0.1) is 0 Å². The minimum absolute atomic E-state index is 0.0252. The Balaban J connectivity index is 1.29. The van der Waals surface area contributed by atoms with E-state index in [4.69, 9.17) is 28.4 Å². The first-order valence-corrected chi connectivity index (χ1v) is 16.7. The Kier molecular flexibility index (Phi) is 7.10. The van der Waals surface area contributed by atoms with Crippen LogP contribution in [0, 0.1) is 0 Å². The number of carboxylic acid groups (broad SMARTS) is 1. The molecule has 8 atom stereocenters. The Hall–Kier alpha value is -5.21. The molecule has 0 aromatic heterocycles. The fraction of sp³-hybridized carbons (Fsp3) is 0.342. The van der Waals surface area contributed by atoms with Gasteiger partial charge in [0.05, 0.1) is 26.7 Å². The van der Waals surface area contributed by atoms with E-state index in [9.17, 15) is 30.3 Å². The molecule has 1 aliphatic carbocycles. The summed E-state index contributed by atoms with van der Waals surface area (Å²) in [5.41, 5.74) is 6.23. The van der Waals surface area contributed by atoms with Crippen LogP contribution in [0.2, 0.25) is 0 Å². The van der Waals surface area contributed by atoms with Gasteiger partial charge in [-0.05, 0) is 58.5 Å². The van der Waals surface area contributed by atoms with Crippen molar-refractivity contribution in [3.05, 3.63) is 88.5 Å². The fourth-order valence-electron chi connectivity index (χ4n) is 8.34. The lowest BCUT2D eigenvalue weighted by Gasteiger charge is -2.49. The first kappa shape index (κ1) is 31.7. The monoisotopic (exact) mass is 697 g/mol. The molecule has 4 aromatic carbocycles. The van der Waals surface area contributed by atoms with Gasteiger partial charge in [0.25, 0.3) is 5.79 Å². The van der Waals surface area contributed by atoms with Crippen molar-refractivity contribution in [1.29, 1.82) is 0 Å². The molecule has 0 saturated carbocycles. The van der Waals surface area contributed by atoms with Crippen molar-refractivity contribution in [2.75, 3.05) is 26.1 Å². The zero-order valence-electron chi connectivity index (χ0n) is 27.5. The molecule has 6 aliphatic rings. The number of aliphatic hydroxyl groups excluding tert-OH is 3. The van der Waals surface area contributed by atoms with Crippen LogP contribution >= 0.6 is 0 Å². The van der Waals surface area contributed by atoms with Gasteiger partial charge in [-0.25, -0.2) is 4.79 Å². The number of aliphatic carboxylic acids is 1. The topological polar surface area (TPSA) is 186 Å². The lowest BCUT2D eigenvalue weighted by molar-refractivity contribution is -0.325. The molecular weight excluding hydrogens is 662 g/mol. The van der Waals surface area contributed by atoms with Gasteiger partial charge in [0, 0.05) is 17.5 Å². The molecule has 264 valence electrons.